The number of halogens is 4. The molecule has 190 valence electrons. The van der Waals surface area contributed by atoms with Crippen molar-refractivity contribution in [3.05, 3.63) is 52.9 Å². The zero-order valence-corrected chi connectivity index (χ0v) is 20.6. The van der Waals surface area contributed by atoms with E-state index in [4.69, 9.17) is 5.73 Å². The normalized spacial score (nSPS) is 20.9. The Bertz CT molecular complexity index is 1590. The standard InChI is InChI=1S/C24H19BrF3N7O2/c25-17-2-1-3-18(32-17)33-23(37)16-7-11-6-15(11)35(16)19(36)9-34-14-5-4-12(24(26,27)28)8-13(14)20-21(29)30-10-31-22(20)34/h1-5,8,10-11,15-16H,6-7,9H2,(H2,29,30,31)(H,32,33,37)/t11-,15-,16+/m1/s1. The smallest absolute Gasteiger partial charge is 0.383 e. The van der Waals surface area contributed by atoms with Gasteiger partial charge in [-0.25, -0.2) is 15.0 Å². The summed E-state index contributed by atoms with van der Waals surface area (Å²) >= 11 is 3.27. The van der Waals surface area contributed by atoms with Crippen LogP contribution in [0.3, 0.4) is 0 Å². The Balaban J connectivity index is 1.34. The maximum absolute atomic E-state index is 13.6. The highest BCUT2D eigenvalue weighted by atomic mass is 79.9. The summed E-state index contributed by atoms with van der Waals surface area (Å²) in [6, 6.07) is 7.65. The van der Waals surface area contributed by atoms with Crippen molar-refractivity contribution < 1.29 is 22.8 Å². The molecule has 1 aliphatic heterocycles. The number of anilines is 2. The predicted octanol–water partition coefficient (Wildman–Crippen LogP) is 3.97. The average molecular weight is 574 g/mol. The number of nitrogen functional groups attached to an aromatic ring is 1. The van der Waals surface area contributed by atoms with E-state index >= 15 is 0 Å². The van der Waals surface area contributed by atoms with Gasteiger partial charge in [-0.3, -0.25) is 9.59 Å². The molecule has 2 fully saturated rings. The zero-order chi connectivity index (χ0) is 26.1. The molecule has 3 aromatic heterocycles. The molecule has 1 aromatic carbocycles. The molecule has 13 heteroatoms. The molecule has 0 radical (unpaired) electrons. The molecule has 0 spiro atoms. The summed E-state index contributed by atoms with van der Waals surface area (Å²) in [4.78, 5) is 40.7. The molecule has 4 aromatic rings. The molecule has 2 amide bonds. The highest BCUT2D eigenvalue weighted by Gasteiger charge is 2.56. The summed E-state index contributed by atoms with van der Waals surface area (Å²) in [6.07, 6.45) is -2.01. The molecule has 1 saturated carbocycles. The number of hydrogen-bond donors (Lipinski definition) is 2. The number of likely N-dealkylation sites (tertiary alicyclic amines) is 1. The number of fused-ring (bicyclic) bond motifs is 4. The number of benzene rings is 1. The van der Waals surface area contributed by atoms with Gasteiger partial charge >= 0.3 is 6.18 Å². The number of nitrogens with two attached hydrogens (primary N) is 1. The van der Waals surface area contributed by atoms with Crippen molar-refractivity contribution in [2.45, 2.75) is 37.6 Å². The summed E-state index contributed by atoms with van der Waals surface area (Å²) in [5.41, 5.74) is 5.80. The first kappa shape index (κ1) is 23.6. The number of carbonyl (C=O) groups is 2. The van der Waals surface area contributed by atoms with Crippen LogP contribution in [0.5, 0.6) is 0 Å². The fourth-order valence-corrected chi connectivity index (χ4v) is 5.57. The lowest BCUT2D eigenvalue weighted by Crippen LogP contribution is -2.46. The first-order valence-electron chi connectivity index (χ1n) is 11.5. The van der Waals surface area contributed by atoms with E-state index in [2.05, 4.69) is 36.2 Å². The number of nitrogens with one attached hydrogen (secondary N) is 1. The van der Waals surface area contributed by atoms with E-state index in [1.54, 1.807) is 23.1 Å². The molecule has 0 unspecified atom stereocenters. The molecular weight excluding hydrogens is 555 g/mol. The van der Waals surface area contributed by atoms with Crippen LogP contribution < -0.4 is 11.1 Å². The molecule has 2 aliphatic rings. The lowest BCUT2D eigenvalue weighted by Gasteiger charge is -2.27. The molecule has 1 saturated heterocycles. The fourth-order valence-electron chi connectivity index (χ4n) is 5.23. The summed E-state index contributed by atoms with van der Waals surface area (Å²) < 4.78 is 42.3. The van der Waals surface area contributed by atoms with Crippen LogP contribution in [0.4, 0.5) is 24.8 Å². The number of amides is 2. The third kappa shape index (κ3) is 4.06. The largest absolute Gasteiger partial charge is 0.416 e. The second kappa shape index (κ2) is 8.40. The minimum atomic E-state index is -4.55. The summed E-state index contributed by atoms with van der Waals surface area (Å²) in [7, 11) is 0. The van der Waals surface area contributed by atoms with Crippen LogP contribution in [-0.2, 0) is 22.3 Å². The van der Waals surface area contributed by atoms with Gasteiger partial charge in [-0.2, -0.15) is 13.2 Å². The molecule has 0 bridgehead atoms. The van der Waals surface area contributed by atoms with Crippen molar-refractivity contribution in [1.82, 2.24) is 24.4 Å². The number of carbonyl (C=O) groups excluding carboxylic acids is 2. The fraction of sp³-hybridized carbons (Fsp3) is 0.292. The van der Waals surface area contributed by atoms with Gasteiger partial charge in [-0.15, -0.1) is 0 Å². The molecule has 1 aliphatic carbocycles. The van der Waals surface area contributed by atoms with Crippen molar-refractivity contribution >= 4 is 61.3 Å². The van der Waals surface area contributed by atoms with E-state index < -0.39 is 17.8 Å². The molecule has 3 atom stereocenters. The van der Waals surface area contributed by atoms with Gasteiger partial charge in [0.2, 0.25) is 11.8 Å². The lowest BCUT2D eigenvalue weighted by molar-refractivity contribution is -0.138. The van der Waals surface area contributed by atoms with Gasteiger partial charge in [0.05, 0.1) is 16.5 Å². The topological polar surface area (TPSA) is 119 Å². The predicted molar refractivity (Wildman–Crippen MR) is 132 cm³/mol. The Morgan fingerprint density at radius 1 is 1.16 bits per heavy atom. The number of alkyl halides is 3. The Labute approximate surface area is 216 Å². The number of nitrogens with zero attached hydrogens (tertiary/aromatic N) is 5. The molecule has 4 heterocycles. The van der Waals surface area contributed by atoms with Gasteiger partial charge in [-0.1, -0.05) is 6.07 Å². The van der Waals surface area contributed by atoms with Crippen molar-refractivity contribution in [2.75, 3.05) is 11.1 Å². The van der Waals surface area contributed by atoms with Gasteiger partial charge in [0, 0.05) is 11.4 Å². The van der Waals surface area contributed by atoms with Crippen molar-refractivity contribution in [2.24, 2.45) is 5.92 Å². The van der Waals surface area contributed by atoms with E-state index in [0.717, 1.165) is 18.6 Å². The van der Waals surface area contributed by atoms with Crippen LogP contribution in [0.2, 0.25) is 0 Å². The molecule has 9 nitrogen and oxygen atoms in total. The van der Waals surface area contributed by atoms with Crippen LogP contribution in [0.25, 0.3) is 21.9 Å². The quantitative estimate of drug-likeness (QED) is 0.356. The van der Waals surface area contributed by atoms with E-state index in [9.17, 15) is 22.8 Å². The molecule has 37 heavy (non-hydrogen) atoms. The monoisotopic (exact) mass is 573 g/mol. The highest BCUT2D eigenvalue weighted by molar-refractivity contribution is 9.10. The van der Waals surface area contributed by atoms with Crippen molar-refractivity contribution in [3.8, 4) is 0 Å². The lowest BCUT2D eigenvalue weighted by atomic mass is 10.1. The maximum Gasteiger partial charge on any atom is 0.416 e. The van der Waals surface area contributed by atoms with E-state index in [0.29, 0.717) is 22.4 Å². The molecular formula is C24H19BrF3N7O2. The first-order valence-corrected chi connectivity index (χ1v) is 12.3. The van der Waals surface area contributed by atoms with Gasteiger partial charge in [0.1, 0.15) is 40.8 Å². The van der Waals surface area contributed by atoms with Crippen LogP contribution in [0.1, 0.15) is 18.4 Å². The second-order valence-corrected chi connectivity index (χ2v) is 10.0. The average Bonchev–Trinajstić information content (AvgIpc) is 3.38. The Morgan fingerprint density at radius 2 is 1.97 bits per heavy atom. The second-order valence-electron chi connectivity index (χ2n) is 9.22. The Kier molecular flexibility index (Phi) is 5.37. The van der Waals surface area contributed by atoms with Crippen molar-refractivity contribution in [1.29, 1.82) is 0 Å². The zero-order valence-electron chi connectivity index (χ0n) is 19.0. The number of rotatable bonds is 4. The number of hydrogen-bond acceptors (Lipinski definition) is 6. The van der Waals surface area contributed by atoms with Gasteiger partial charge in [-0.05, 0) is 65.0 Å². The SMILES string of the molecule is Nc1ncnc2c1c1cc(C(F)(F)F)ccc1n2CC(=O)N1[C@@H]2C[C@@H]2C[C@H]1C(=O)Nc1cccc(Br)n1. The van der Waals surface area contributed by atoms with Crippen LogP contribution in [-0.4, -0.2) is 48.3 Å². The minimum Gasteiger partial charge on any atom is -0.383 e. The summed E-state index contributed by atoms with van der Waals surface area (Å²) in [6.45, 7) is -0.218. The molecule has 6 rings (SSSR count). The third-order valence-electron chi connectivity index (χ3n) is 6.95. The number of pyridine rings is 1. The third-order valence-corrected chi connectivity index (χ3v) is 7.39. The van der Waals surface area contributed by atoms with Crippen LogP contribution in [0, 0.1) is 5.92 Å². The summed E-state index contributed by atoms with van der Waals surface area (Å²) in [5.74, 6) is -0.0521. The first-order chi connectivity index (χ1) is 17.6. The highest BCUT2D eigenvalue weighted by Crippen LogP contribution is 2.48. The maximum atomic E-state index is 13.6. The van der Waals surface area contributed by atoms with Gasteiger partial charge in [0.25, 0.3) is 0 Å². The van der Waals surface area contributed by atoms with E-state index in [-0.39, 0.29) is 52.6 Å². The van der Waals surface area contributed by atoms with E-state index in [1.807, 2.05) is 0 Å². The van der Waals surface area contributed by atoms with Crippen LogP contribution >= 0.6 is 15.9 Å². The van der Waals surface area contributed by atoms with Crippen molar-refractivity contribution in [3.63, 3.8) is 0 Å². The summed E-state index contributed by atoms with van der Waals surface area (Å²) in [5, 5.41) is 3.22. The van der Waals surface area contributed by atoms with Gasteiger partial charge < -0.3 is 20.5 Å². The van der Waals surface area contributed by atoms with E-state index in [1.165, 1.54) is 17.0 Å². The number of piperidine rings is 1. The number of aromatic nitrogens is 4. The Morgan fingerprint density at radius 3 is 2.73 bits per heavy atom. The Hall–Kier alpha value is -3.74. The minimum absolute atomic E-state index is 0.0164. The van der Waals surface area contributed by atoms with Gasteiger partial charge in [0.15, 0.2) is 0 Å². The van der Waals surface area contributed by atoms with Crippen LogP contribution in [0.15, 0.2) is 47.3 Å². The molecule has 3 N–H and O–H groups in total.